The van der Waals surface area contributed by atoms with E-state index < -0.39 is 0 Å². The van der Waals surface area contributed by atoms with Gasteiger partial charge in [0.25, 0.3) is 0 Å². The topological polar surface area (TPSA) is 18.5 Å². The van der Waals surface area contributed by atoms with E-state index in [4.69, 9.17) is 0 Å². The van der Waals surface area contributed by atoms with Crippen molar-refractivity contribution in [2.75, 3.05) is 11.9 Å². The Balaban J connectivity index is 2.11. The van der Waals surface area contributed by atoms with Crippen molar-refractivity contribution >= 4 is 21.6 Å². The number of aryl methyl sites for hydroxylation is 3. The molecule has 0 aliphatic carbocycles. The van der Waals surface area contributed by atoms with Crippen LogP contribution in [0.15, 0.2) is 40.9 Å². The lowest BCUT2D eigenvalue weighted by molar-refractivity contribution is 0.172. The highest BCUT2D eigenvalue weighted by Gasteiger charge is 2.45. The van der Waals surface area contributed by atoms with Crippen molar-refractivity contribution in [3.05, 3.63) is 63.1 Å². The van der Waals surface area contributed by atoms with Crippen LogP contribution in [0, 0.1) is 26.2 Å². The number of nitrogens with zero attached hydrogens (tertiary/aromatic N) is 2. The summed E-state index contributed by atoms with van der Waals surface area (Å²) in [5, 5.41) is 2.29. The van der Waals surface area contributed by atoms with Gasteiger partial charge in [-0.3, -0.25) is 0 Å². The van der Waals surface area contributed by atoms with Gasteiger partial charge in [-0.2, -0.15) is 0 Å². The molecule has 4 heteroatoms. The molecule has 3 rings (SSSR count). The van der Waals surface area contributed by atoms with Gasteiger partial charge in [0.1, 0.15) is 6.17 Å². The summed E-state index contributed by atoms with van der Waals surface area (Å²) in [6.07, 6.45) is 4.03. The van der Waals surface area contributed by atoms with Crippen LogP contribution in [-0.2, 0) is 0 Å². The minimum atomic E-state index is 0.137. The fourth-order valence-electron chi connectivity index (χ4n) is 4.49. The van der Waals surface area contributed by atoms with Gasteiger partial charge >= 0.3 is 0 Å². The number of rotatable bonds is 6. The van der Waals surface area contributed by atoms with Crippen molar-refractivity contribution in [1.82, 2.24) is 10.4 Å². The Morgan fingerprint density at radius 3 is 2.38 bits per heavy atom. The Labute approximate surface area is 185 Å². The zero-order valence-corrected chi connectivity index (χ0v) is 20.6. The van der Waals surface area contributed by atoms with Crippen LogP contribution in [0.3, 0.4) is 0 Å². The number of halogens is 1. The average molecular weight is 458 g/mol. The fraction of sp³-hybridized carbons (Fsp3) is 0.520. The largest absolute Gasteiger partial charge is 0.333 e. The molecular weight excluding hydrogens is 422 g/mol. The summed E-state index contributed by atoms with van der Waals surface area (Å²) >= 11 is 3.74. The van der Waals surface area contributed by atoms with Crippen LogP contribution in [0.25, 0.3) is 0 Å². The Hall–Kier alpha value is -1.36. The van der Waals surface area contributed by atoms with Crippen molar-refractivity contribution in [3.63, 3.8) is 0 Å². The Morgan fingerprint density at radius 2 is 1.76 bits per heavy atom. The summed E-state index contributed by atoms with van der Waals surface area (Å²) in [7, 11) is 2.17. The maximum absolute atomic E-state index is 3.82. The number of hydrogen-bond acceptors (Lipinski definition) is 3. The summed E-state index contributed by atoms with van der Waals surface area (Å²) < 4.78 is 1.16. The van der Waals surface area contributed by atoms with Crippen LogP contribution >= 0.6 is 15.9 Å². The molecule has 2 atom stereocenters. The zero-order chi connectivity index (χ0) is 21.3. The standard InChI is InChI=1S/C25H36BrN3/c1-8-9-14-25(5,6)24-27-28(7)23(20-12-11-18(3)21(26)16-20)29(24)22-13-10-17(2)15-19(22)4/h10-13,15-16,23-24,27H,8-9,14H2,1-7H3. The highest BCUT2D eigenvalue weighted by Crippen LogP contribution is 2.44. The lowest BCUT2D eigenvalue weighted by Crippen LogP contribution is -2.48. The van der Waals surface area contributed by atoms with E-state index in [-0.39, 0.29) is 17.7 Å². The van der Waals surface area contributed by atoms with Gasteiger partial charge < -0.3 is 4.90 Å². The molecule has 3 nitrogen and oxygen atoms in total. The van der Waals surface area contributed by atoms with Crippen molar-refractivity contribution in [2.24, 2.45) is 5.41 Å². The lowest BCUT2D eigenvalue weighted by atomic mass is 9.83. The van der Waals surface area contributed by atoms with Gasteiger partial charge in [-0.1, -0.05) is 79.4 Å². The van der Waals surface area contributed by atoms with Gasteiger partial charge in [0.15, 0.2) is 0 Å². The third kappa shape index (κ3) is 4.55. The molecule has 29 heavy (non-hydrogen) atoms. The number of hydrazine groups is 1. The van der Waals surface area contributed by atoms with Crippen molar-refractivity contribution in [3.8, 4) is 0 Å². The number of anilines is 1. The fourth-order valence-corrected chi connectivity index (χ4v) is 4.89. The smallest absolute Gasteiger partial charge is 0.122 e. The first kappa shape index (κ1) is 22.3. The maximum Gasteiger partial charge on any atom is 0.122 e. The first-order valence-electron chi connectivity index (χ1n) is 10.8. The Morgan fingerprint density at radius 1 is 1.03 bits per heavy atom. The summed E-state index contributed by atoms with van der Waals surface area (Å²) in [6, 6.07) is 13.6. The summed E-state index contributed by atoms with van der Waals surface area (Å²) in [4.78, 5) is 2.60. The molecule has 2 unspecified atom stereocenters. The maximum atomic E-state index is 3.82. The summed E-state index contributed by atoms with van der Waals surface area (Å²) in [5.41, 5.74) is 10.5. The van der Waals surface area contributed by atoms with E-state index in [9.17, 15) is 0 Å². The van der Waals surface area contributed by atoms with Crippen molar-refractivity contribution < 1.29 is 0 Å². The molecule has 2 aromatic carbocycles. The molecular formula is C25H36BrN3. The first-order valence-corrected chi connectivity index (χ1v) is 11.6. The van der Waals surface area contributed by atoms with Crippen molar-refractivity contribution in [2.45, 2.75) is 73.1 Å². The second-order valence-corrected chi connectivity index (χ2v) is 10.2. The Bertz CT molecular complexity index is 861. The normalized spacial score (nSPS) is 20.5. The summed E-state index contributed by atoms with van der Waals surface area (Å²) in [5.74, 6) is 0. The van der Waals surface area contributed by atoms with E-state index in [2.05, 4.69) is 116 Å². The molecule has 0 aromatic heterocycles. The molecule has 0 radical (unpaired) electrons. The number of benzene rings is 2. The van der Waals surface area contributed by atoms with Gasteiger partial charge in [0.05, 0.1) is 6.17 Å². The molecule has 0 spiro atoms. The molecule has 2 aromatic rings. The molecule has 1 fully saturated rings. The predicted molar refractivity (Wildman–Crippen MR) is 128 cm³/mol. The minimum Gasteiger partial charge on any atom is -0.333 e. The van der Waals surface area contributed by atoms with Crippen LogP contribution in [-0.4, -0.2) is 18.2 Å². The highest BCUT2D eigenvalue weighted by molar-refractivity contribution is 9.10. The van der Waals surface area contributed by atoms with E-state index in [0.29, 0.717) is 0 Å². The molecule has 1 heterocycles. The number of unbranched alkanes of at least 4 members (excludes halogenated alkanes) is 1. The zero-order valence-electron chi connectivity index (χ0n) is 19.0. The highest BCUT2D eigenvalue weighted by atomic mass is 79.9. The molecule has 158 valence electrons. The third-order valence-corrected chi connectivity index (χ3v) is 7.13. The van der Waals surface area contributed by atoms with Crippen LogP contribution in [0.1, 0.15) is 68.5 Å². The van der Waals surface area contributed by atoms with E-state index in [1.165, 1.54) is 47.2 Å². The van der Waals surface area contributed by atoms with Gasteiger partial charge in [-0.25, -0.2) is 10.4 Å². The Kier molecular flexibility index (Phi) is 6.77. The van der Waals surface area contributed by atoms with Crippen LogP contribution < -0.4 is 10.3 Å². The molecule has 0 amide bonds. The molecule has 1 aliphatic rings. The third-order valence-electron chi connectivity index (χ3n) is 6.27. The molecule has 0 bridgehead atoms. The van der Waals surface area contributed by atoms with Gasteiger partial charge in [-0.15, -0.1) is 0 Å². The second-order valence-electron chi connectivity index (χ2n) is 9.31. The van der Waals surface area contributed by atoms with Crippen LogP contribution in [0.2, 0.25) is 0 Å². The second kappa shape index (κ2) is 8.79. The first-order chi connectivity index (χ1) is 13.7. The van der Waals surface area contributed by atoms with Gasteiger partial charge in [0.2, 0.25) is 0 Å². The quantitative estimate of drug-likeness (QED) is 0.510. The van der Waals surface area contributed by atoms with Gasteiger partial charge in [-0.05, 0) is 61.4 Å². The summed E-state index contributed by atoms with van der Waals surface area (Å²) in [6.45, 7) is 13.6. The minimum absolute atomic E-state index is 0.137. The number of hydrogen-bond donors (Lipinski definition) is 1. The van der Waals surface area contributed by atoms with E-state index in [0.717, 1.165) is 4.47 Å². The van der Waals surface area contributed by atoms with Crippen LogP contribution in [0.5, 0.6) is 0 Å². The SMILES string of the molecule is CCCCC(C)(C)C1NN(C)C(c2ccc(C)c(Br)c2)N1c1ccc(C)cc1C. The van der Waals surface area contributed by atoms with Crippen LogP contribution in [0.4, 0.5) is 5.69 Å². The molecule has 1 N–H and O–H groups in total. The lowest BCUT2D eigenvalue weighted by Gasteiger charge is -2.40. The average Bonchev–Trinajstić information content (AvgIpc) is 3.00. The number of nitrogens with one attached hydrogen (secondary N) is 1. The van der Waals surface area contributed by atoms with Gasteiger partial charge in [0, 0.05) is 17.2 Å². The predicted octanol–water partition coefficient (Wildman–Crippen LogP) is 6.87. The van der Waals surface area contributed by atoms with E-state index in [1.807, 2.05) is 0 Å². The van der Waals surface area contributed by atoms with E-state index in [1.54, 1.807) is 0 Å². The van der Waals surface area contributed by atoms with E-state index >= 15 is 0 Å². The monoisotopic (exact) mass is 457 g/mol. The molecule has 0 saturated carbocycles. The molecule has 1 aliphatic heterocycles. The molecule has 1 saturated heterocycles. The van der Waals surface area contributed by atoms with Crippen molar-refractivity contribution in [1.29, 1.82) is 0 Å².